The van der Waals surface area contributed by atoms with Crippen LogP contribution in [-0.4, -0.2) is 0 Å². The van der Waals surface area contributed by atoms with Gasteiger partial charge < -0.3 is 0 Å². The molecule has 2 aromatic carbocycles. The van der Waals surface area contributed by atoms with Gasteiger partial charge in [0, 0.05) is 5.02 Å². The van der Waals surface area contributed by atoms with Crippen LogP contribution >= 0.6 is 11.6 Å². The second-order valence-corrected chi connectivity index (χ2v) is 5.07. The van der Waals surface area contributed by atoms with Crippen molar-refractivity contribution in [3.63, 3.8) is 0 Å². The predicted molar refractivity (Wildman–Crippen MR) is 76.3 cm³/mol. The third-order valence-corrected chi connectivity index (χ3v) is 3.62. The molecule has 2 rings (SSSR count). The van der Waals surface area contributed by atoms with Crippen LogP contribution in [0.3, 0.4) is 0 Å². The number of nitrogens with one attached hydrogen (secondary N) is 1. The monoisotopic (exact) mass is 296 g/mol. The van der Waals surface area contributed by atoms with Gasteiger partial charge in [-0.05, 0) is 60.4 Å². The summed E-state index contributed by atoms with van der Waals surface area (Å²) in [7, 11) is 0. The zero-order chi connectivity index (χ0) is 14.7. The SMILES string of the molecule is Cc1ccc(F)cc1C(Cc1cc(F)ccc1Cl)NN. The molecule has 0 heterocycles. The molecule has 20 heavy (non-hydrogen) atoms. The van der Waals surface area contributed by atoms with E-state index in [1.54, 1.807) is 6.07 Å². The lowest BCUT2D eigenvalue weighted by Crippen LogP contribution is -2.30. The number of rotatable bonds is 4. The minimum atomic E-state index is -0.365. The van der Waals surface area contributed by atoms with Gasteiger partial charge in [-0.3, -0.25) is 11.3 Å². The molecular formula is C15H15ClF2N2. The van der Waals surface area contributed by atoms with Crippen LogP contribution in [0.5, 0.6) is 0 Å². The molecule has 0 saturated carbocycles. The van der Waals surface area contributed by atoms with Gasteiger partial charge in [-0.15, -0.1) is 0 Å². The molecular weight excluding hydrogens is 282 g/mol. The van der Waals surface area contributed by atoms with Crippen LogP contribution in [0.15, 0.2) is 36.4 Å². The molecule has 0 saturated heterocycles. The fourth-order valence-electron chi connectivity index (χ4n) is 2.17. The van der Waals surface area contributed by atoms with Crippen molar-refractivity contribution in [2.75, 3.05) is 0 Å². The van der Waals surface area contributed by atoms with E-state index in [9.17, 15) is 8.78 Å². The highest BCUT2D eigenvalue weighted by Gasteiger charge is 2.16. The zero-order valence-corrected chi connectivity index (χ0v) is 11.7. The molecule has 106 valence electrons. The summed E-state index contributed by atoms with van der Waals surface area (Å²) in [6, 6.07) is 8.31. The maximum Gasteiger partial charge on any atom is 0.123 e. The average molecular weight is 297 g/mol. The van der Waals surface area contributed by atoms with E-state index in [0.717, 1.165) is 11.1 Å². The van der Waals surface area contributed by atoms with E-state index in [1.165, 1.54) is 30.3 Å². The maximum atomic E-state index is 13.4. The smallest absolute Gasteiger partial charge is 0.123 e. The predicted octanol–water partition coefficient (Wildman–Crippen LogP) is 3.67. The number of nitrogens with two attached hydrogens (primary N) is 1. The van der Waals surface area contributed by atoms with Crippen LogP contribution in [0, 0.1) is 18.6 Å². The van der Waals surface area contributed by atoms with E-state index in [0.29, 0.717) is 17.0 Å². The normalized spacial score (nSPS) is 12.4. The van der Waals surface area contributed by atoms with Crippen LogP contribution in [-0.2, 0) is 6.42 Å². The van der Waals surface area contributed by atoms with Crippen LogP contribution in [0.25, 0.3) is 0 Å². The highest BCUT2D eigenvalue weighted by molar-refractivity contribution is 6.31. The Hall–Kier alpha value is -1.49. The van der Waals surface area contributed by atoms with Crippen molar-refractivity contribution in [3.05, 3.63) is 69.7 Å². The summed E-state index contributed by atoms with van der Waals surface area (Å²) in [6.45, 7) is 1.87. The number of halogens is 3. The summed E-state index contributed by atoms with van der Waals surface area (Å²) < 4.78 is 26.6. The fraction of sp³-hybridized carbons (Fsp3) is 0.200. The van der Waals surface area contributed by atoms with Gasteiger partial charge in [0.15, 0.2) is 0 Å². The fourth-order valence-corrected chi connectivity index (χ4v) is 2.36. The largest absolute Gasteiger partial charge is 0.271 e. The average Bonchev–Trinajstić information content (AvgIpc) is 2.42. The van der Waals surface area contributed by atoms with Crippen LogP contribution < -0.4 is 11.3 Å². The Morgan fingerprint density at radius 1 is 1.15 bits per heavy atom. The summed E-state index contributed by atoms with van der Waals surface area (Å²) in [4.78, 5) is 0. The Bertz CT molecular complexity index is 617. The van der Waals surface area contributed by atoms with Crippen molar-refractivity contribution in [2.24, 2.45) is 5.84 Å². The van der Waals surface area contributed by atoms with Crippen LogP contribution in [0.4, 0.5) is 8.78 Å². The third-order valence-electron chi connectivity index (χ3n) is 3.25. The van der Waals surface area contributed by atoms with E-state index in [-0.39, 0.29) is 17.7 Å². The minimum absolute atomic E-state index is 0.337. The number of benzene rings is 2. The molecule has 0 aliphatic heterocycles. The summed E-state index contributed by atoms with van der Waals surface area (Å²) >= 11 is 6.05. The van der Waals surface area contributed by atoms with Gasteiger partial charge in [0.1, 0.15) is 11.6 Å². The summed E-state index contributed by atoms with van der Waals surface area (Å²) in [6.07, 6.45) is 0.372. The van der Waals surface area contributed by atoms with Gasteiger partial charge in [0.05, 0.1) is 6.04 Å². The van der Waals surface area contributed by atoms with E-state index in [1.807, 2.05) is 6.92 Å². The minimum Gasteiger partial charge on any atom is -0.271 e. The molecule has 2 nitrogen and oxygen atoms in total. The van der Waals surface area contributed by atoms with Gasteiger partial charge in [-0.25, -0.2) is 8.78 Å². The maximum absolute atomic E-state index is 13.4. The van der Waals surface area contributed by atoms with Crippen molar-refractivity contribution in [1.29, 1.82) is 0 Å². The molecule has 3 N–H and O–H groups in total. The molecule has 1 unspecified atom stereocenters. The Morgan fingerprint density at radius 2 is 1.80 bits per heavy atom. The number of hydrazine groups is 1. The van der Waals surface area contributed by atoms with E-state index >= 15 is 0 Å². The Labute approximate surface area is 121 Å². The number of hydrogen-bond acceptors (Lipinski definition) is 2. The van der Waals surface area contributed by atoms with Gasteiger partial charge in [0.2, 0.25) is 0 Å². The molecule has 0 bridgehead atoms. The number of aryl methyl sites for hydroxylation is 1. The van der Waals surface area contributed by atoms with Gasteiger partial charge >= 0.3 is 0 Å². The zero-order valence-electron chi connectivity index (χ0n) is 11.0. The molecule has 5 heteroatoms. The standard InChI is InChI=1S/C15H15ClF2N2/c1-9-2-3-12(18)8-13(9)15(20-19)7-10-6-11(17)4-5-14(10)16/h2-6,8,15,20H,7,19H2,1H3. The lowest BCUT2D eigenvalue weighted by Gasteiger charge is -2.19. The van der Waals surface area contributed by atoms with Crippen LogP contribution in [0.2, 0.25) is 5.02 Å². The molecule has 0 radical (unpaired) electrons. The van der Waals surface area contributed by atoms with Crippen molar-refractivity contribution in [1.82, 2.24) is 5.43 Å². The van der Waals surface area contributed by atoms with E-state index < -0.39 is 0 Å². The second-order valence-electron chi connectivity index (χ2n) is 4.66. The summed E-state index contributed by atoms with van der Waals surface area (Å²) in [5.74, 6) is 4.85. The quantitative estimate of drug-likeness (QED) is 0.667. The van der Waals surface area contributed by atoms with Gasteiger partial charge in [-0.1, -0.05) is 17.7 Å². The highest BCUT2D eigenvalue weighted by atomic mass is 35.5. The Morgan fingerprint density at radius 3 is 2.50 bits per heavy atom. The van der Waals surface area contributed by atoms with Crippen molar-refractivity contribution >= 4 is 11.6 Å². The molecule has 0 aliphatic carbocycles. The molecule has 0 amide bonds. The lowest BCUT2D eigenvalue weighted by molar-refractivity contribution is 0.539. The van der Waals surface area contributed by atoms with Gasteiger partial charge in [-0.2, -0.15) is 0 Å². The van der Waals surface area contributed by atoms with E-state index in [2.05, 4.69) is 5.43 Å². The lowest BCUT2D eigenvalue weighted by atomic mass is 9.95. The van der Waals surface area contributed by atoms with Crippen LogP contribution in [0.1, 0.15) is 22.7 Å². The van der Waals surface area contributed by atoms with Crippen molar-refractivity contribution < 1.29 is 8.78 Å². The third kappa shape index (κ3) is 3.33. The molecule has 0 fully saturated rings. The number of hydrogen-bond donors (Lipinski definition) is 2. The first kappa shape index (κ1) is 14.9. The molecule has 0 aliphatic rings. The topological polar surface area (TPSA) is 38.0 Å². The first-order chi connectivity index (χ1) is 9.51. The summed E-state index contributed by atoms with van der Waals surface area (Å²) in [5.41, 5.74) is 4.89. The summed E-state index contributed by atoms with van der Waals surface area (Å²) in [5, 5.41) is 0.459. The molecule has 1 atom stereocenters. The van der Waals surface area contributed by atoms with E-state index in [4.69, 9.17) is 17.4 Å². The second kappa shape index (κ2) is 6.31. The first-order valence-electron chi connectivity index (χ1n) is 6.17. The molecule has 0 aromatic heterocycles. The van der Waals surface area contributed by atoms with Gasteiger partial charge in [0.25, 0.3) is 0 Å². The highest BCUT2D eigenvalue weighted by Crippen LogP contribution is 2.26. The molecule has 0 spiro atoms. The molecule has 2 aromatic rings. The van der Waals surface area contributed by atoms with Crippen molar-refractivity contribution in [2.45, 2.75) is 19.4 Å². The Balaban J connectivity index is 2.33. The van der Waals surface area contributed by atoms with Crippen molar-refractivity contribution in [3.8, 4) is 0 Å². The first-order valence-corrected chi connectivity index (χ1v) is 6.55. The Kier molecular flexibility index (Phi) is 4.70.